The van der Waals surface area contributed by atoms with Crippen LogP contribution in [0.2, 0.25) is 0 Å². The van der Waals surface area contributed by atoms with Gasteiger partial charge in [0.05, 0.1) is 0 Å². The Balaban J connectivity index is 1.14. The van der Waals surface area contributed by atoms with Crippen molar-refractivity contribution < 1.29 is 0 Å². The second-order valence-corrected chi connectivity index (χ2v) is 15.3. The average Bonchev–Trinajstić information content (AvgIpc) is 3.72. The molecule has 0 aliphatic heterocycles. The summed E-state index contributed by atoms with van der Waals surface area (Å²) in [5.74, 6) is 0. The molecule has 0 bridgehead atoms. The largest absolute Gasteiger partial charge is 0.135 e. The molecule has 0 unspecified atom stereocenters. The van der Waals surface area contributed by atoms with Crippen LogP contribution >= 0.6 is 22.7 Å². The summed E-state index contributed by atoms with van der Waals surface area (Å²) in [6.45, 7) is 0. The van der Waals surface area contributed by atoms with E-state index in [2.05, 4.69) is 170 Å². The zero-order valence-electron chi connectivity index (χ0n) is 27.0. The van der Waals surface area contributed by atoms with Crippen LogP contribution in [0.1, 0.15) is 0 Å². The first-order valence-electron chi connectivity index (χ1n) is 17.1. The van der Waals surface area contributed by atoms with E-state index in [0.29, 0.717) is 0 Å². The molecule has 0 saturated heterocycles. The number of hydrogen-bond donors (Lipinski definition) is 0. The topological polar surface area (TPSA) is 0 Å². The minimum absolute atomic E-state index is 1.25. The molecule has 0 radical (unpaired) electrons. The number of benzene rings is 9. The van der Waals surface area contributed by atoms with E-state index < -0.39 is 0 Å². The Morgan fingerprint density at radius 3 is 1.36 bits per heavy atom. The minimum atomic E-state index is 1.25. The van der Waals surface area contributed by atoms with E-state index in [1.165, 1.54) is 106 Å². The second-order valence-electron chi connectivity index (χ2n) is 13.2. The van der Waals surface area contributed by atoms with E-state index in [1.54, 1.807) is 0 Å². The van der Waals surface area contributed by atoms with Crippen LogP contribution in [-0.2, 0) is 0 Å². The predicted octanol–water partition coefficient (Wildman–Crippen LogP) is 14.9. The summed E-state index contributed by atoms with van der Waals surface area (Å²) < 4.78 is 5.40. The van der Waals surface area contributed by atoms with Crippen LogP contribution in [0.5, 0.6) is 0 Å². The highest BCUT2D eigenvalue weighted by Crippen LogP contribution is 2.47. The highest BCUT2D eigenvalue weighted by Gasteiger charge is 2.19. The Bertz CT molecular complexity index is 3080. The highest BCUT2D eigenvalue weighted by atomic mass is 32.1. The third-order valence-electron chi connectivity index (χ3n) is 10.5. The van der Waals surface area contributed by atoms with E-state index in [9.17, 15) is 0 Å². The fourth-order valence-corrected chi connectivity index (χ4v) is 10.5. The molecule has 0 N–H and O–H groups in total. The molecular formula is C48H28S2. The van der Waals surface area contributed by atoms with Gasteiger partial charge in [0, 0.05) is 40.3 Å². The van der Waals surface area contributed by atoms with Crippen molar-refractivity contribution in [3.63, 3.8) is 0 Å². The van der Waals surface area contributed by atoms with Crippen molar-refractivity contribution in [1.82, 2.24) is 0 Å². The smallest absolute Gasteiger partial charge is 0.0362 e. The van der Waals surface area contributed by atoms with Crippen molar-refractivity contribution >= 4 is 95.3 Å². The highest BCUT2D eigenvalue weighted by molar-refractivity contribution is 7.27. The maximum Gasteiger partial charge on any atom is 0.0362 e. The Morgan fingerprint density at radius 1 is 0.240 bits per heavy atom. The van der Waals surface area contributed by atoms with Crippen molar-refractivity contribution in [3.05, 3.63) is 170 Å². The van der Waals surface area contributed by atoms with Crippen molar-refractivity contribution in [2.45, 2.75) is 0 Å². The van der Waals surface area contributed by atoms with Crippen LogP contribution in [-0.4, -0.2) is 0 Å². The van der Waals surface area contributed by atoms with Gasteiger partial charge in [0.2, 0.25) is 0 Å². The molecule has 0 amide bonds. The molecule has 232 valence electrons. The molecule has 11 rings (SSSR count). The van der Waals surface area contributed by atoms with Crippen LogP contribution in [0, 0.1) is 0 Å². The molecule has 0 spiro atoms. The first-order chi connectivity index (χ1) is 24.8. The van der Waals surface area contributed by atoms with Crippen LogP contribution in [0.3, 0.4) is 0 Å². The first-order valence-corrected chi connectivity index (χ1v) is 18.7. The van der Waals surface area contributed by atoms with E-state index >= 15 is 0 Å². The van der Waals surface area contributed by atoms with Gasteiger partial charge in [0.15, 0.2) is 0 Å². The maximum atomic E-state index is 2.43. The average molecular weight is 669 g/mol. The lowest BCUT2D eigenvalue weighted by molar-refractivity contribution is 1.66. The predicted molar refractivity (Wildman–Crippen MR) is 221 cm³/mol. The summed E-state index contributed by atoms with van der Waals surface area (Å²) in [5.41, 5.74) is 7.63. The minimum Gasteiger partial charge on any atom is -0.135 e. The van der Waals surface area contributed by atoms with Gasteiger partial charge in [0.1, 0.15) is 0 Å². The fourth-order valence-electron chi connectivity index (χ4n) is 8.27. The third kappa shape index (κ3) is 4.10. The molecule has 0 aliphatic rings. The number of hydrogen-bond acceptors (Lipinski definition) is 2. The van der Waals surface area contributed by atoms with Gasteiger partial charge in [-0.3, -0.25) is 0 Å². The summed E-state index contributed by atoms with van der Waals surface area (Å²) in [5, 5.41) is 13.1. The zero-order chi connectivity index (χ0) is 32.8. The Kier molecular flexibility index (Phi) is 6.09. The number of thiophene rings is 2. The van der Waals surface area contributed by atoms with Crippen molar-refractivity contribution in [1.29, 1.82) is 0 Å². The maximum absolute atomic E-state index is 2.43. The lowest BCUT2D eigenvalue weighted by Crippen LogP contribution is -1.92. The molecule has 0 atom stereocenters. The van der Waals surface area contributed by atoms with Crippen LogP contribution in [0.25, 0.3) is 106 Å². The molecule has 0 nitrogen and oxygen atoms in total. The normalized spacial score (nSPS) is 12.0. The molecular weight excluding hydrogens is 641 g/mol. The van der Waals surface area contributed by atoms with E-state index in [-0.39, 0.29) is 0 Å². The monoisotopic (exact) mass is 668 g/mol. The van der Waals surface area contributed by atoms with E-state index in [1.807, 2.05) is 22.7 Å². The van der Waals surface area contributed by atoms with Gasteiger partial charge in [-0.2, -0.15) is 0 Å². The molecule has 11 aromatic rings. The van der Waals surface area contributed by atoms with Gasteiger partial charge < -0.3 is 0 Å². The molecule has 9 aromatic carbocycles. The van der Waals surface area contributed by atoms with Gasteiger partial charge >= 0.3 is 0 Å². The number of fused-ring (bicyclic) bond motifs is 9. The van der Waals surface area contributed by atoms with Crippen LogP contribution in [0.15, 0.2) is 170 Å². The molecule has 0 saturated carbocycles. The molecule has 0 aliphatic carbocycles. The van der Waals surface area contributed by atoms with Gasteiger partial charge in [-0.15, -0.1) is 22.7 Å². The van der Waals surface area contributed by atoms with E-state index in [0.717, 1.165) is 0 Å². The van der Waals surface area contributed by atoms with Gasteiger partial charge in [-0.25, -0.2) is 0 Å². The molecule has 2 heteroatoms. The molecule has 50 heavy (non-hydrogen) atoms. The number of rotatable bonds is 3. The summed E-state index contributed by atoms with van der Waals surface area (Å²) >= 11 is 3.80. The molecule has 2 aromatic heterocycles. The lowest BCUT2D eigenvalue weighted by Gasteiger charge is -2.19. The summed E-state index contributed by atoms with van der Waals surface area (Å²) in [7, 11) is 0. The summed E-state index contributed by atoms with van der Waals surface area (Å²) in [6.07, 6.45) is 0. The van der Waals surface area contributed by atoms with Crippen molar-refractivity contribution in [2.75, 3.05) is 0 Å². The van der Waals surface area contributed by atoms with Crippen molar-refractivity contribution in [2.24, 2.45) is 0 Å². The lowest BCUT2D eigenvalue weighted by atomic mass is 9.84. The van der Waals surface area contributed by atoms with Crippen molar-refractivity contribution in [3.8, 4) is 33.4 Å². The fraction of sp³-hybridized carbons (Fsp3) is 0. The third-order valence-corrected chi connectivity index (χ3v) is 12.7. The Hall–Kier alpha value is -5.80. The first kappa shape index (κ1) is 28.1. The standard InChI is InChI=1S/C48H28S2/c1-2-12-29(13-3-1)47-35-17-6-8-19-37(35)48(38-20-9-7-18-36(38)47)39-24-23-31(32-14-4-5-15-33(32)39)30-22-25-44-40(26-30)42-28-45-41(27-46(42)50-44)34-16-10-11-21-43(34)49-45/h1-28H. The molecule has 2 heterocycles. The molecule has 0 fully saturated rings. The van der Waals surface area contributed by atoms with Crippen LogP contribution < -0.4 is 0 Å². The summed E-state index contributed by atoms with van der Waals surface area (Å²) in [4.78, 5) is 0. The van der Waals surface area contributed by atoms with Gasteiger partial charge in [-0.1, -0.05) is 140 Å². The quantitative estimate of drug-likeness (QED) is 0.164. The second kappa shape index (κ2) is 10.9. The Labute approximate surface area is 297 Å². The van der Waals surface area contributed by atoms with Crippen LogP contribution in [0.4, 0.5) is 0 Å². The van der Waals surface area contributed by atoms with Gasteiger partial charge in [-0.05, 0) is 96.0 Å². The van der Waals surface area contributed by atoms with E-state index in [4.69, 9.17) is 0 Å². The summed E-state index contributed by atoms with van der Waals surface area (Å²) in [6, 6.07) is 63.1. The van der Waals surface area contributed by atoms with Gasteiger partial charge in [0.25, 0.3) is 0 Å². The zero-order valence-corrected chi connectivity index (χ0v) is 28.6. The Morgan fingerprint density at radius 2 is 0.700 bits per heavy atom. The SMILES string of the molecule is c1ccc(-c2c3ccccc3c(-c3ccc(-c4ccc5sc6cc7c(cc6c5c4)sc4ccccc47)c4ccccc34)c3ccccc23)cc1.